The van der Waals surface area contributed by atoms with Crippen molar-refractivity contribution in [3.05, 3.63) is 65.2 Å². The van der Waals surface area contributed by atoms with Gasteiger partial charge in [-0.25, -0.2) is 0 Å². The molecule has 0 fully saturated rings. The molecule has 0 radical (unpaired) electrons. The van der Waals surface area contributed by atoms with E-state index in [2.05, 4.69) is 16.0 Å². The molecule has 0 unspecified atom stereocenters. The molecule has 5 heteroatoms. The maximum absolute atomic E-state index is 12.4. The van der Waals surface area contributed by atoms with Crippen molar-refractivity contribution in [2.24, 2.45) is 0 Å². The number of aryl methyl sites for hydroxylation is 1. The zero-order valence-corrected chi connectivity index (χ0v) is 14.1. The van der Waals surface area contributed by atoms with E-state index in [1.54, 1.807) is 30.3 Å². The Hall–Kier alpha value is -2.66. The highest BCUT2D eigenvalue weighted by Gasteiger charge is 2.13. The van der Waals surface area contributed by atoms with Crippen LogP contribution in [0.15, 0.2) is 48.5 Å². The van der Waals surface area contributed by atoms with Gasteiger partial charge in [0.05, 0.1) is 11.3 Å². The third kappa shape index (κ3) is 4.93. The van der Waals surface area contributed by atoms with E-state index in [4.69, 9.17) is 0 Å². The highest BCUT2D eigenvalue weighted by molar-refractivity contribution is 6.09. The van der Waals surface area contributed by atoms with Crippen LogP contribution in [0.4, 0.5) is 5.69 Å². The molecule has 0 saturated heterocycles. The second-order valence-corrected chi connectivity index (χ2v) is 5.58. The number of nitrogens with one attached hydrogen (secondary N) is 3. The normalized spacial score (nSPS) is 10.2. The molecular formula is C19H23N3O2. The number of hydrogen-bond acceptors (Lipinski definition) is 3. The summed E-state index contributed by atoms with van der Waals surface area (Å²) in [4.78, 5) is 24.7. The molecule has 3 N–H and O–H groups in total. The zero-order valence-electron chi connectivity index (χ0n) is 14.1. The highest BCUT2D eigenvalue weighted by Crippen LogP contribution is 2.16. The number of para-hydroxylation sites is 1. The summed E-state index contributed by atoms with van der Waals surface area (Å²) < 4.78 is 0. The van der Waals surface area contributed by atoms with Crippen LogP contribution < -0.4 is 16.0 Å². The molecule has 2 amide bonds. The second kappa shape index (κ2) is 8.84. The number of benzene rings is 2. The molecule has 126 valence electrons. The van der Waals surface area contributed by atoms with Gasteiger partial charge in [0.25, 0.3) is 11.8 Å². The number of hydrogen-bond donors (Lipinski definition) is 3. The summed E-state index contributed by atoms with van der Waals surface area (Å²) in [5, 5.41) is 8.72. The van der Waals surface area contributed by atoms with Crippen LogP contribution in [0.25, 0.3) is 0 Å². The van der Waals surface area contributed by atoms with E-state index in [0.29, 0.717) is 23.4 Å². The van der Waals surface area contributed by atoms with Gasteiger partial charge in [-0.15, -0.1) is 0 Å². The molecular weight excluding hydrogens is 302 g/mol. The first kappa shape index (κ1) is 17.7. The standard InChI is InChI=1S/C19H23N3O2/c1-14-7-5-8-15(13-14)18(23)22-17-10-4-3-9-16(17)19(24)21-12-6-11-20-2/h3-5,7-10,13,20H,6,11-12H2,1-2H3,(H,21,24)(H,22,23). The first-order valence-corrected chi connectivity index (χ1v) is 8.01. The van der Waals surface area contributed by atoms with Gasteiger partial charge in [-0.05, 0) is 51.2 Å². The maximum atomic E-state index is 12.4. The highest BCUT2D eigenvalue weighted by atomic mass is 16.2. The molecule has 0 heterocycles. The largest absolute Gasteiger partial charge is 0.352 e. The molecule has 0 atom stereocenters. The van der Waals surface area contributed by atoms with E-state index in [0.717, 1.165) is 18.5 Å². The van der Waals surface area contributed by atoms with Crippen molar-refractivity contribution in [3.8, 4) is 0 Å². The number of carbonyl (C=O) groups is 2. The van der Waals surface area contributed by atoms with Gasteiger partial charge in [-0.1, -0.05) is 29.8 Å². The van der Waals surface area contributed by atoms with Crippen molar-refractivity contribution >= 4 is 17.5 Å². The van der Waals surface area contributed by atoms with Gasteiger partial charge in [0.15, 0.2) is 0 Å². The molecule has 0 aliphatic heterocycles. The van der Waals surface area contributed by atoms with Crippen LogP contribution in [0.5, 0.6) is 0 Å². The number of amides is 2. The molecule has 2 aromatic rings. The molecule has 0 bridgehead atoms. The van der Waals surface area contributed by atoms with Gasteiger partial charge in [-0.2, -0.15) is 0 Å². The maximum Gasteiger partial charge on any atom is 0.255 e. The summed E-state index contributed by atoms with van der Waals surface area (Å²) in [5.41, 5.74) is 2.55. The Bertz CT molecular complexity index is 713. The molecule has 0 spiro atoms. The van der Waals surface area contributed by atoms with E-state index in [9.17, 15) is 9.59 Å². The van der Waals surface area contributed by atoms with E-state index < -0.39 is 0 Å². The smallest absolute Gasteiger partial charge is 0.255 e. The molecule has 2 aromatic carbocycles. The fourth-order valence-corrected chi connectivity index (χ4v) is 2.33. The van der Waals surface area contributed by atoms with Crippen molar-refractivity contribution in [2.45, 2.75) is 13.3 Å². The quantitative estimate of drug-likeness (QED) is 0.685. The number of rotatable bonds is 7. The first-order chi connectivity index (χ1) is 11.6. The number of carbonyl (C=O) groups excluding carboxylic acids is 2. The van der Waals surface area contributed by atoms with E-state index >= 15 is 0 Å². The summed E-state index contributed by atoms with van der Waals surface area (Å²) >= 11 is 0. The lowest BCUT2D eigenvalue weighted by atomic mass is 10.1. The molecule has 0 aliphatic carbocycles. The minimum Gasteiger partial charge on any atom is -0.352 e. The summed E-state index contributed by atoms with van der Waals surface area (Å²) in [6, 6.07) is 14.4. The summed E-state index contributed by atoms with van der Waals surface area (Å²) in [6.45, 7) is 3.36. The summed E-state index contributed by atoms with van der Waals surface area (Å²) in [5.74, 6) is -0.416. The predicted octanol–water partition coefficient (Wildman–Crippen LogP) is 2.59. The Morgan fingerprint density at radius 1 is 0.958 bits per heavy atom. The molecule has 0 aromatic heterocycles. The van der Waals surface area contributed by atoms with Gasteiger partial charge in [0.2, 0.25) is 0 Å². The van der Waals surface area contributed by atoms with Gasteiger partial charge >= 0.3 is 0 Å². The Morgan fingerprint density at radius 3 is 2.50 bits per heavy atom. The fraction of sp³-hybridized carbons (Fsp3) is 0.263. The average Bonchev–Trinajstić information content (AvgIpc) is 2.59. The van der Waals surface area contributed by atoms with Gasteiger partial charge in [0.1, 0.15) is 0 Å². The van der Waals surface area contributed by atoms with Crippen LogP contribution in [-0.2, 0) is 0 Å². The topological polar surface area (TPSA) is 70.2 Å². The number of anilines is 1. The molecule has 5 nitrogen and oxygen atoms in total. The van der Waals surface area contributed by atoms with Gasteiger partial charge < -0.3 is 16.0 Å². The predicted molar refractivity (Wildman–Crippen MR) is 96.5 cm³/mol. The van der Waals surface area contributed by atoms with Crippen molar-refractivity contribution < 1.29 is 9.59 Å². The summed E-state index contributed by atoms with van der Waals surface area (Å²) in [7, 11) is 1.87. The molecule has 0 aliphatic rings. The van der Waals surface area contributed by atoms with Crippen LogP contribution in [0.3, 0.4) is 0 Å². The van der Waals surface area contributed by atoms with Crippen LogP contribution >= 0.6 is 0 Å². The van der Waals surface area contributed by atoms with E-state index in [-0.39, 0.29) is 11.8 Å². The Kier molecular flexibility index (Phi) is 6.51. The van der Waals surface area contributed by atoms with Crippen molar-refractivity contribution in [1.29, 1.82) is 0 Å². The second-order valence-electron chi connectivity index (χ2n) is 5.58. The minimum absolute atomic E-state index is 0.189. The molecule has 2 rings (SSSR count). The van der Waals surface area contributed by atoms with E-state index in [1.165, 1.54) is 0 Å². The third-order valence-electron chi connectivity index (χ3n) is 3.59. The van der Waals surface area contributed by atoms with Crippen molar-refractivity contribution in [3.63, 3.8) is 0 Å². The van der Waals surface area contributed by atoms with Gasteiger partial charge in [-0.3, -0.25) is 9.59 Å². The van der Waals surface area contributed by atoms with Crippen LogP contribution in [-0.4, -0.2) is 32.0 Å². The fourth-order valence-electron chi connectivity index (χ4n) is 2.33. The molecule has 24 heavy (non-hydrogen) atoms. The van der Waals surface area contributed by atoms with E-state index in [1.807, 2.05) is 32.2 Å². The Morgan fingerprint density at radius 2 is 1.75 bits per heavy atom. The monoisotopic (exact) mass is 325 g/mol. The third-order valence-corrected chi connectivity index (χ3v) is 3.59. The zero-order chi connectivity index (χ0) is 17.4. The van der Waals surface area contributed by atoms with Crippen molar-refractivity contribution in [1.82, 2.24) is 10.6 Å². The SMILES string of the molecule is CNCCCNC(=O)c1ccccc1NC(=O)c1cccc(C)c1. The van der Waals surface area contributed by atoms with Crippen LogP contribution in [0.1, 0.15) is 32.7 Å². The van der Waals surface area contributed by atoms with Crippen LogP contribution in [0.2, 0.25) is 0 Å². The van der Waals surface area contributed by atoms with Gasteiger partial charge in [0, 0.05) is 12.1 Å². The van der Waals surface area contributed by atoms with Crippen LogP contribution in [0, 0.1) is 6.92 Å². The Balaban J connectivity index is 2.08. The lowest BCUT2D eigenvalue weighted by Crippen LogP contribution is -2.27. The average molecular weight is 325 g/mol. The molecule has 0 saturated carbocycles. The minimum atomic E-state index is -0.228. The lowest BCUT2D eigenvalue weighted by Gasteiger charge is -2.12. The lowest BCUT2D eigenvalue weighted by molar-refractivity contribution is 0.0954. The first-order valence-electron chi connectivity index (χ1n) is 8.01. The van der Waals surface area contributed by atoms with Crippen molar-refractivity contribution in [2.75, 3.05) is 25.5 Å². The summed E-state index contributed by atoms with van der Waals surface area (Å²) in [6.07, 6.45) is 0.847. The Labute approximate surface area is 142 Å².